The van der Waals surface area contributed by atoms with E-state index in [0.29, 0.717) is 23.5 Å². The number of allylic oxidation sites excluding steroid dienone is 1. The van der Waals surface area contributed by atoms with Crippen molar-refractivity contribution in [2.75, 3.05) is 0 Å². The molecular formula is C25H25N3O2S2. The Morgan fingerprint density at radius 2 is 1.88 bits per heavy atom. The monoisotopic (exact) mass is 463 g/mol. The van der Waals surface area contributed by atoms with Crippen LogP contribution in [-0.2, 0) is 17.9 Å². The molecule has 1 aliphatic rings. The zero-order valence-electron chi connectivity index (χ0n) is 17.7. The van der Waals surface area contributed by atoms with Crippen LogP contribution < -0.4 is 5.32 Å². The number of aliphatic imine (C=N–C) groups is 1. The molecule has 0 saturated heterocycles. The zero-order chi connectivity index (χ0) is 22.3. The van der Waals surface area contributed by atoms with Crippen molar-refractivity contribution in [1.29, 1.82) is 0 Å². The van der Waals surface area contributed by atoms with Crippen molar-refractivity contribution in [2.45, 2.75) is 38.8 Å². The first-order valence-electron chi connectivity index (χ1n) is 10.7. The van der Waals surface area contributed by atoms with E-state index in [9.17, 15) is 9.90 Å². The summed E-state index contributed by atoms with van der Waals surface area (Å²) >= 11 is 6.88. The normalized spacial score (nSPS) is 13.4. The van der Waals surface area contributed by atoms with E-state index >= 15 is 0 Å². The van der Waals surface area contributed by atoms with Gasteiger partial charge in [0.1, 0.15) is 0 Å². The molecule has 1 aliphatic heterocycles. The van der Waals surface area contributed by atoms with E-state index in [2.05, 4.69) is 10.3 Å². The number of aromatic nitrogens is 1. The molecule has 2 aromatic carbocycles. The van der Waals surface area contributed by atoms with Crippen molar-refractivity contribution in [3.63, 3.8) is 0 Å². The predicted octanol–water partition coefficient (Wildman–Crippen LogP) is 6.12. The molecule has 7 heteroatoms. The Labute approximate surface area is 196 Å². The molecule has 3 aromatic rings. The molecule has 32 heavy (non-hydrogen) atoms. The molecule has 0 aliphatic carbocycles. The third kappa shape index (κ3) is 5.41. The van der Waals surface area contributed by atoms with Gasteiger partial charge in [-0.05, 0) is 42.8 Å². The van der Waals surface area contributed by atoms with Gasteiger partial charge < -0.3 is 10.4 Å². The molecule has 0 unspecified atom stereocenters. The fraction of sp³-hybridized carbons (Fsp3) is 0.240. The minimum atomic E-state index is 0.0660. The summed E-state index contributed by atoms with van der Waals surface area (Å²) in [7, 11) is 0. The summed E-state index contributed by atoms with van der Waals surface area (Å²) in [5, 5.41) is 13.6. The quantitative estimate of drug-likeness (QED) is 0.297. The molecule has 1 aromatic heterocycles. The van der Waals surface area contributed by atoms with Crippen molar-refractivity contribution >= 4 is 53.0 Å². The number of nitrogens with zero attached hydrogens (tertiary/aromatic N) is 2. The lowest BCUT2D eigenvalue weighted by Crippen LogP contribution is -2.22. The number of carbonyl (C=O) groups is 1. The van der Waals surface area contributed by atoms with Crippen LogP contribution in [0.1, 0.15) is 41.7 Å². The van der Waals surface area contributed by atoms with E-state index in [1.807, 2.05) is 66.9 Å². The summed E-state index contributed by atoms with van der Waals surface area (Å²) in [5.41, 5.74) is 4.07. The summed E-state index contributed by atoms with van der Waals surface area (Å²) in [6.07, 6.45) is 6.82. The first-order valence-corrected chi connectivity index (χ1v) is 11.9. The number of hydrogen-bond acceptors (Lipinski definition) is 5. The lowest BCUT2D eigenvalue weighted by atomic mass is 10.1. The minimum absolute atomic E-state index is 0.0660. The Morgan fingerprint density at radius 3 is 2.72 bits per heavy atom. The second kappa shape index (κ2) is 10.5. The Bertz CT molecular complexity index is 1210. The highest BCUT2D eigenvalue weighted by molar-refractivity contribution is 7.73. The molecule has 0 atom stereocenters. The van der Waals surface area contributed by atoms with Crippen LogP contribution in [0, 0.1) is 3.95 Å². The molecule has 0 fully saturated rings. The summed E-state index contributed by atoms with van der Waals surface area (Å²) in [6.45, 7) is 1.20. The summed E-state index contributed by atoms with van der Waals surface area (Å²) in [4.78, 5) is 17.2. The van der Waals surface area contributed by atoms with Crippen LogP contribution >= 0.6 is 23.6 Å². The molecule has 0 radical (unpaired) electrons. The third-order valence-corrected chi connectivity index (χ3v) is 6.74. The van der Waals surface area contributed by atoms with Crippen LogP contribution in [0.25, 0.3) is 11.6 Å². The molecule has 164 valence electrons. The zero-order valence-corrected chi connectivity index (χ0v) is 19.3. The minimum Gasteiger partial charge on any atom is -0.493 e. The van der Waals surface area contributed by atoms with Gasteiger partial charge in [-0.3, -0.25) is 14.4 Å². The Morgan fingerprint density at radius 1 is 1.09 bits per heavy atom. The number of benzene rings is 2. The molecule has 1 amide bonds. The van der Waals surface area contributed by atoms with Gasteiger partial charge in [0.05, 0.1) is 10.6 Å². The Hall–Kier alpha value is -3.03. The molecular weight excluding hydrogens is 438 g/mol. The third-order valence-electron chi connectivity index (χ3n) is 5.36. The van der Waals surface area contributed by atoms with Gasteiger partial charge in [0, 0.05) is 36.9 Å². The van der Waals surface area contributed by atoms with E-state index in [1.54, 1.807) is 4.57 Å². The number of rotatable bonds is 9. The second-order valence-electron chi connectivity index (χ2n) is 7.66. The van der Waals surface area contributed by atoms with Crippen molar-refractivity contribution in [2.24, 2.45) is 4.99 Å². The summed E-state index contributed by atoms with van der Waals surface area (Å²) < 4.78 is 2.43. The number of fused-ring (bicyclic) bond motifs is 1. The molecule has 5 nitrogen and oxygen atoms in total. The number of para-hydroxylation sites is 1. The average molecular weight is 464 g/mol. The van der Waals surface area contributed by atoms with Crippen molar-refractivity contribution in [3.8, 4) is 5.88 Å². The fourth-order valence-corrected chi connectivity index (χ4v) is 4.93. The van der Waals surface area contributed by atoms with Gasteiger partial charge >= 0.3 is 0 Å². The van der Waals surface area contributed by atoms with Gasteiger partial charge in [-0.25, -0.2) is 0 Å². The van der Waals surface area contributed by atoms with Crippen molar-refractivity contribution in [3.05, 3.63) is 74.6 Å². The molecule has 0 spiro atoms. The fourth-order valence-electron chi connectivity index (χ4n) is 3.62. The maximum absolute atomic E-state index is 12.0. The SMILES string of the molecule is O=C(CCCCCn1c(O)c(/C=C2/C=Nc3ccccc32)sc1=S)NCc1ccccc1. The second-order valence-corrected chi connectivity index (χ2v) is 9.33. The molecule has 2 heterocycles. The molecule has 0 saturated carbocycles. The topological polar surface area (TPSA) is 66.6 Å². The van der Waals surface area contributed by atoms with Crippen LogP contribution in [0.2, 0.25) is 0 Å². The maximum atomic E-state index is 12.0. The highest BCUT2D eigenvalue weighted by Crippen LogP contribution is 2.35. The molecule has 4 rings (SSSR count). The average Bonchev–Trinajstić information content (AvgIpc) is 3.34. The van der Waals surface area contributed by atoms with Crippen molar-refractivity contribution < 1.29 is 9.90 Å². The smallest absolute Gasteiger partial charge is 0.220 e. The largest absolute Gasteiger partial charge is 0.493 e. The number of nitrogens with one attached hydrogen (secondary N) is 1. The summed E-state index contributed by atoms with van der Waals surface area (Å²) in [6, 6.07) is 17.8. The van der Waals surface area contributed by atoms with Crippen molar-refractivity contribution in [1.82, 2.24) is 9.88 Å². The van der Waals surface area contributed by atoms with E-state index in [-0.39, 0.29) is 11.8 Å². The Kier molecular flexibility index (Phi) is 7.29. The van der Waals surface area contributed by atoms with Crippen LogP contribution in [0.5, 0.6) is 5.88 Å². The van der Waals surface area contributed by atoms with Gasteiger partial charge in [0.25, 0.3) is 0 Å². The van der Waals surface area contributed by atoms with Crippen LogP contribution in [0.3, 0.4) is 0 Å². The Balaban J connectivity index is 1.26. The number of hydrogen-bond donors (Lipinski definition) is 2. The standard InChI is InChI=1S/C25H25N3O2S2/c29-23(27-16-18-9-3-1-4-10-18)13-5-2-8-14-28-24(30)22(32-25(28)31)15-19-17-26-21-12-7-6-11-20(19)21/h1,3-4,6-7,9-12,15,17,30H,2,5,8,13-14,16H2,(H,27,29)/b19-15-. The first kappa shape index (κ1) is 22.2. The van der Waals surface area contributed by atoms with Gasteiger partial charge in [0.15, 0.2) is 3.95 Å². The van der Waals surface area contributed by atoms with Crippen LogP contribution in [0.15, 0.2) is 59.6 Å². The van der Waals surface area contributed by atoms with Crippen LogP contribution in [-0.4, -0.2) is 21.8 Å². The molecule has 2 N–H and O–H groups in total. The maximum Gasteiger partial charge on any atom is 0.220 e. The van der Waals surface area contributed by atoms with Crippen LogP contribution in [0.4, 0.5) is 5.69 Å². The number of aromatic hydroxyl groups is 1. The number of carbonyl (C=O) groups excluding carboxylic acids is 1. The number of amides is 1. The summed E-state index contributed by atoms with van der Waals surface area (Å²) in [5.74, 6) is 0.266. The predicted molar refractivity (Wildman–Crippen MR) is 134 cm³/mol. The highest BCUT2D eigenvalue weighted by Gasteiger charge is 2.15. The van der Waals surface area contributed by atoms with E-state index < -0.39 is 0 Å². The van der Waals surface area contributed by atoms with E-state index in [4.69, 9.17) is 12.2 Å². The van der Waals surface area contributed by atoms with Gasteiger partial charge in [0.2, 0.25) is 11.8 Å². The van der Waals surface area contributed by atoms with Gasteiger partial charge in [-0.1, -0.05) is 55.0 Å². The number of thiazole rings is 1. The number of unbranched alkanes of at least 4 members (excludes halogenated alkanes) is 2. The first-order chi connectivity index (χ1) is 15.6. The van der Waals surface area contributed by atoms with E-state index in [1.165, 1.54) is 11.3 Å². The van der Waals surface area contributed by atoms with Gasteiger partial charge in [-0.2, -0.15) is 0 Å². The molecule has 0 bridgehead atoms. The lowest BCUT2D eigenvalue weighted by molar-refractivity contribution is -0.121. The highest BCUT2D eigenvalue weighted by atomic mass is 32.1. The lowest BCUT2D eigenvalue weighted by Gasteiger charge is -2.07. The van der Waals surface area contributed by atoms with Gasteiger partial charge in [-0.15, -0.1) is 11.3 Å². The van der Waals surface area contributed by atoms with E-state index in [0.717, 1.165) is 46.5 Å².